The van der Waals surface area contributed by atoms with Crippen LogP contribution < -0.4 is 5.32 Å². The summed E-state index contributed by atoms with van der Waals surface area (Å²) in [6.45, 7) is 6.75. The van der Waals surface area contributed by atoms with Crippen molar-refractivity contribution >= 4 is 17.5 Å². The third-order valence-corrected chi connectivity index (χ3v) is 4.35. The number of pyridine rings is 1. The first-order chi connectivity index (χ1) is 9.38. The Kier molecular flexibility index (Phi) is 4.69. The van der Waals surface area contributed by atoms with Gasteiger partial charge in [-0.1, -0.05) is 51.3 Å². The average Bonchev–Trinajstić information content (AvgIpc) is 2.38. The second kappa shape index (κ2) is 6.13. The Hall–Kier alpha value is -1.09. The fraction of sp³-hybridized carbons (Fsp3) is 0.625. The van der Waals surface area contributed by atoms with E-state index in [1.165, 1.54) is 19.3 Å². The molecule has 0 saturated heterocycles. The highest BCUT2D eigenvalue weighted by Gasteiger charge is 2.35. The molecule has 0 spiro atoms. The second-order valence-electron chi connectivity index (χ2n) is 6.68. The molecular weight excluding hydrogens is 272 g/mol. The van der Waals surface area contributed by atoms with Crippen LogP contribution in [0.5, 0.6) is 0 Å². The SMILES string of the molecule is CC(C)(C)C1CCCCC1NC(=O)c1cccc(Cl)n1. The number of nitrogens with zero attached hydrogens (tertiary/aromatic N) is 1. The Balaban J connectivity index is 2.09. The smallest absolute Gasteiger partial charge is 0.270 e. The van der Waals surface area contributed by atoms with Gasteiger partial charge in [-0.05, 0) is 36.3 Å². The zero-order valence-electron chi connectivity index (χ0n) is 12.4. The quantitative estimate of drug-likeness (QED) is 0.836. The van der Waals surface area contributed by atoms with Crippen LogP contribution in [0.1, 0.15) is 56.9 Å². The summed E-state index contributed by atoms with van der Waals surface area (Å²) in [6, 6.07) is 5.37. The molecule has 1 fully saturated rings. The first kappa shape index (κ1) is 15.3. The Morgan fingerprint density at radius 1 is 1.30 bits per heavy atom. The molecule has 3 nitrogen and oxygen atoms in total. The van der Waals surface area contributed by atoms with Crippen molar-refractivity contribution in [2.24, 2.45) is 11.3 Å². The molecule has 110 valence electrons. The molecular formula is C16H23ClN2O. The van der Waals surface area contributed by atoms with Crippen LogP contribution in [0.25, 0.3) is 0 Å². The third kappa shape index (κ3) is 3.72. The number of halogens is 1. The molecule has 1 aliphatic rings. The van der Waals surface area contributed by atoms with E-state index in [1.807, 2.05) is 0 Å². The molecule has 1 aromatic heterocycles. The molecule has 2 unspecified atom stereocenters. The number of nitrogens with one attached hydrogen (secondary N) is 1. The minimum atomic E-state index is -0.117. The zero-order valence-corrected chi connectivity index (χ0v) is 13.2. The van der Waals surface area contributed by atoms with Crippen molar-refractivity contribution in [2.75, 3.05) is 0 Å². The highest BCUT2D eigenvalue weighted by Crippen LogP contribution is 2.38. The fourth-order valence-corrected chi connectivity index (χ4v) is 3.28. The summed E-state index contributed by atoms with van der Waals surface area (Å²) in [5.41, 5.74) is 0.607. The van der Waals surface area contributed by atoms with Crippen LogP contribution in [-0.4, -0.2) is 16.9 Å². The summed E-state index contributed by atoms with van der Waals surface area (Å²) < 4.78 is 0. The molecule has 0 aliphatic heterocycles. The minimum absolute atomic E-state index is 0.117. The van der Waals surface area contributed by atoms with Gasteiger partial charge < -0.3 is 5.32 Å². The van der Waals surface area contributed by atoms with Crippen molar-refractivity contribution in [1.82, 2.24) is 10.3 Å². The number of hydrogen-bond donors (Lipinski definition) is 1. The van der Waals surface area contributed by atoms with Crippen LogP contribution >= 0.6 is 11.6 Å². The maximum atomic E-state index is 12.3. The van der Waals surface area contributed by atoms with Crippen molar-refractivity contribution < 1.29 is 4.79 Å². The topological polar surface area (TPSA) is 42.0 Å². The third-order valence-electron chi connectivity index (χ3n) is 4.14. The van der Waals surface area contributed by atoms with Gasteiger partial charge in [0, 0.05) is 6.04 Å². The molecule has 1 saturated carbocycles. The Bertz CT molecular complexity index is 482. The van der Waals surface area contributed by atoms with Gasteiger partial charge in [-0.2, -0.15) is 0 Å². The van der Waals surface area contributed by atoms with Crippen LogP contribution in [0, 0.1) is 11.3 Å². The van der Waals surface area contributed by atoms with Gasteiger partial charge >= 0.3 is 0 Å². The molecule has 2 rings (SSSR count). The summed E-state index contributed by atoms with van der Waals surface area (Å²) in [5, 5.41) is 3.51. The Morgan fingerprint density at radius 2 is 2.00 bits per heavy atom. The van der Waals surface area contributed by atoms with Crippen LogP contribution in [0.2, 0.25) is 5.15 Å². The summed E-state index contributed by atoms with van der Waals surface area (Å²) in [4.78, 5) is 16.4. The molecule has 0 bridgehead atoms. The summed E-state index contributed by atoms with van der Waals surface area (Å²) >= 11 is 5.84. The first-order valence-corrected chi connectivity index (χ1v) is 7.69. The van der Waals surface area contributed by atoms with Gasteiger partial charge in [0.2, 0.25) is 0 Å². The zero-order chi connectivity index (χ0) is 14.8. The molecule has 1 aromatic rings. The first-order valence-electron chi connectivity index (χ1n) is 7.31. The lowest BCUT2D eigenvalue weighted by Gasteiger charge is -2.40. The lowest BCUT2D eigenvalue weighted by molar-refractivity contribution is 0.0825. The number of hydrogen-bond acceptors (Lipinski definition) is 2. The molecule has 1 aliphatic carbocycles. The average molecular weight is 295 g/mol. The molecule has 20 heavy (non-hydrogen) atoms. The normalized spacial score (nSPS) is 23.4. The molecule has 1 amide bonds. The Labute approximate surface area is 126 Å². The largest absolute Gasteiger partial charge is 0.348 e. The molecule has 0 aromatic carbocycles. The highest BCUT2D eigenvalue weighted by molar-refractivity contribution is 6.29. The van der Waals surface area contributed by atoms with Crippen molar-refractivity contribution in [3.05, 3.63) is 29.0 Å². The molecule has 0 radical (unpaired) electrons. The summed E-state index contributed by atoms with van der Waals surface area (Å²) in [5.74, 6) is 0.396. The van der Waals surface area contributed by atoms with Crippen LogP contribution in [0.15, 0.2) is 18.2 Å². The van der Waals surface area contributed by atoms with Gasteiger partial charge in [0.05, 0.1) is 0 Å². The maximum absolute atomic E-state index is 12.3. The minimum Gasteiger partial charge on any atom is -0.348 e. The van der Waals surface area contributed by atoms with Gasteiger partial charge in [0.15, 0.2) is 0 Å². The Morgan fingerprint density at radius 3 is 2.65 bits per heavy atom. The van der Waals surface area contributed by atoms with Crippen molar-refractivity contribution in [1.29, 1.82) is 0 Å². The standard InChI is InChI=1S/C16H23ClN2O/c1-16(2,3)11-7-4-5-8-12(11)19-15(20)13-9-6-10-14(17)18-13/h6,9-12H,4-5,7-8H2,1-3H3,(H,19,20). The fourth-order valence-electron chi connectivity index (χ4n) is 3.12. The van der Waals surface area contributed by atoms with Gasteiger partial charge in [-0.3, -0.25) is 4.79 Å². The van der Waals surface area contributed by atoms with E-state index in [1.54, 1.807) is 18.2 Å². The van der Waals surface area contributed by atoms with Crippen molar-refractivity contribution in [3.8, 4) is 0 Å². The maximum Gasteiger partial charge on any atom is 0.270 e. The van der Waals surface area contributed by atoms with E-state index in [0.717, 1.165) is 6.42 Å². The predicted octanol–water partition coefficient (Wildman–Crippen LogP) is 4.07. The number of amides is 1. The lowest BCUT2D eigenvalue weighted by Crippen LogP contribution is -2.46. The van der Waals surface area contributed by atoms with Crippen LogP contribution in [0.3, 0.4) is 0 Å². The van der Waals surface area contributed by atoms with E-state index in [-0.39, 0.29) is 17.4 Å². The van der Waals surface area contributed by atoms with E-state index in [9.17, 15) is 4.79 Å². The molecule has 1 N–H and O–H groups in total. The second-order valence-corrected chi connectivity index (χ2v) is 7.07. The van der Waals surface area contributed by atoms with E-state index in [4.69, 9.17) is 11.6 Å². The van der Waals surface area contributed by atoms with E-state index in [0.29, 0.717) is 16.8 Å². The van der Waals surface area contributed by atoms with Gasteiger partial charge in [0.1, 0.15) is 10.8 Å². The van der Waals surface area contributed by atoms with Crippen LogP contribution in [0.4, 0.5) is 0 Å². The van der Waals surface area contributed by atoms with Crippen LogP contribution in [-0.2, 0) is 0 Å². The summed E-state index contributed by atoms with van der Waals surface area (Å²) in [6.07, 6.45) is 4.66. The molecule has 4 heteroatoms. The van der Waals surface area contributed by atoms with Gasteiger partial charge in [-0.25, -0.2) is 4.98 Å². The van der Waals surface area contributed by atoms with Gasteiger partial charge in [-0.15, -0.1) is 0 Å². The van der Waals surface area contributed by atoms with E-state index < -0.39 is 0 Å². The number of rotatable bonds is 2. The molecule has 1 heterocycles. The molecule has 2 atom stereocenters. The number of aromatic nitrogens is 1. The van der Waals surface area contributed by atoms with Crippen molar-refractivity contribution in [3.63, 3.8) is 0 Å². The monoisotopic (exact) mass is 294 g/mol. The number of carbonyl (C=O) groups excluding carboxylic acids is 1. The summed E-state index contributed by atoms with van der Waals surface area (Å²) in [7, 11) is 0. The van der Waals surface area contributed by atoms with Gasteiger partial charge in [0.25, 0.3) is 5.91 Å². The van der Waals surface area contributed by atoms with E-state index >= 15 is 0 Å². The van der Waals surface area contributed by atoms with E-state index in [2.05, 4.69) is 31.1 Å². The van der Waals surface area contributed by atoms with Crippen molar-refractivity contribution in [2.45, 2.75) is 52.5 Å². The lowest BCUT2D eigenvalue weighted by atomic mass is 9.69. The predicted molar refractivity (Wildman–Crippen MR) is 81.9 cm³/mol. The highest BCUT2D eigenvalue weighted by atomic mass is 35.5. The number of carbonyl (C=O) groups is 1.